The van der Waals surface area contributed by atoms with Gasteiger partial charge in [-0.1, -0.05) is 18.2 Å². The molecule has 0 aliphatic carbocycles. The Labute approximate surface area is 152 Å². The van der Waals surface area contributed by atoms with Crippen molar-refractivity contribution < 1.29 is 9.53 Å². The Morgan fingerprint density at radius 1 is 1.23 bits per heavy atom. The number of aromatic nitrogens is 2. The summed E-state index contributed by atoms with van der Waals surface area (Å²) in [6, 6.07) is 9.50. The number of rotatable bonds is 2. The topological polar surface area (TPSA) is 75.3 Å². The Kier molecular flexibility index (Phi) is 4.49. The molecule has 6 heteroatoms. The van der Waals surface area contributed by atoms with Crippen LogP contribution in [0.1, 0.15) is 42.3 Å². The van der Waals surface area contributed by atoms with Crippen LogP contribution in [0.25, 0.3) is 0 Å². The molecule has 2 aromatic rings. The summed E-state index contributed by atoms with van der Waals surface area (Å²) in [6.45, 7) is 3.15. The van der Waals surface area contributed by atoms with Gasteiger partial charge in [-0.15, -0.1) is 0 Å². The molecule has 3 heterocycles. The highest BCUT2D eigenvalue weighted by atomic mass is 16.5. The minimum absolute atomic E-state index is 0.0769. The number of nitrogens with one attached hydrogen (secondary N) is 1. The number of ether oxygens (including phenoxy) is 1. The van der Waals surface area contributed by atoms with Gasteiger partial charge in [0.15, 0.2) is 6.10 Å². The fourth-order valence-electron chi connectivity index (χ4n) is 3.91. The molecule has 1 amide bonds. The quantitative estimate of drug-likeness (QED) is 0.898. The number of para-hydroxylation sites is 1. The van der Waals surface area contributed by atoms with Crippen molar-refractivity contribution in [3.8, 4) is 5.75 Å². The van der Waals surface area contributed by atoms with Crippen LogP contribution in [-0.2, 0) is 11.2 Å². The van der Waals surface area contributed by atoms with Crippen LogP contribution in [0.15, 0.2) is 35.1 Å². The lowest BCUT2D eigenvalue weighted by atomic mass is 9.92. The minimum Gasteiger partial charge on any atom is -0.480 e. The van der Waals surface area contributed by atoms with Crippen LogP contribution in [0.5, 0.6) is 5.75 Å². The normalized spacial score (nSPS) is 20.3. The molecule has 0 bridgehead atoms. The average molecular weight is 353 g/mol. The number of piperidine rings is 1. The Balaban J connectivity index is 1.39. The second-order valence-corrected chi connectivity index (χ2v) is 7.11. The zero-order valence-corrected chi connectivity index (χ0v) is 14.9. The Hall–Kier alpha value is -2.63. The second kappa shape index (κ2) is 6.94. The molecule has 1 fully saturated rings. The fraction of sp³-hybridized carbons (Fsp3) is 0.450. The van der Waals surface area contributed by atoms with Gasteiger partial charge in [-0.25, -0.2) is 4.98 Å². The van der Waals surface area contributed by atoms with Gasteiger partial charge in [0.05, 0.1) is 5.69 Å². The molecule has 4 rings (SSSR count). The highest BCUT2D eigenvalue weighted by Crippen LogP contribution is 2.30. The van der Waals surface area contributed by atoms with E-state index < -0.39 is 0 Å². The number of amides is 1. The summed E-state index contributed by atoms with van der Waals surface area (Å²) < 4.78 is 5.94. The van der Waals surface area contributed by atoms with E-state index in [1.807, 2.05) is 23.1 Å². The highest BCUT2D eigenvalue weighted by Gasteiger charge is 2.32. The van der Waals surface area contributed by atoms with Crippen LogP contribution in [-0.4, -0.2) is 40.0 Å². The molecular weight excluding hydrogens is 330 g/mol. The second-order valence-electron chi connectivity index (χ2n) is 7.11. The molecule has 0 saturated carbocycles. The van der Waals surface area contributed by atoms with E-state index in [4.69, 9.17) is 4.74 Å². The lowest BCUT2D eigenvalue weighted by Crippen LogP contribution is -2.46. The molecule has 1 atom stereocenters. The monoisotopic (exact) mass is 353 g/mol. The SMILES string of the molecule is Cc1nc(C2CCN(C(=O)C3CCc4ccccc4O3)CC2)cc(=O)[nH]1. The van der Waals surface area contributed by atoms with E-state index in [-0.39, 0.29) is 23.5 Å². The predicted molar refractivity (Wildman–Crippen MR) is 97.3 cm³/mol. The van der Waals surface area contributed by atoms with Gasteiger partial charge in [0.1, 0.15) is 11.6 Å². The maximum atomic E-state index is 12.8. The van der Waals surface area contributed by atoms with E-state index in [1.165, 1.54) is 5.56 Å². The Bertz CT molecular complexity index is 869. The number of aryl methyl sites for hydroxylation is 2. The molecule has 2 aliphatic rings. The van der Waals surface area contributed by atoms with Gasteiger partial charge in [0.25, 0.3) is 11.5 Å². The number of hydrogen-bond acceptors (Lipinski definition) is 4. The van der Waals surface area contributed by atoms with E-state index in [9.17, 15) is 9.59 Å². The van der Waals surface area contributed by atoms with Crippen molar-refractivity contribution in [3.63, 3.8) is 0 Å². The number of hydrogen-bond donors (Lipinski definition) is 1. The number of likely N-dealkylation sites (tertiary alicyclic amines) is 1. The van der Waals surface area contributed by atoms with E-state index in [1.54, 1.807) is 13.0 Å². The van der Waals surface area contributed by atoms with Gasteiger partial charge >= 0.3 is 0 Å². The van der Waals surface area contributed by atoms with Crippen molar-refractivity contribution in [2.75, 3.05) is 13.1 Å². The number of aromatic amines is 1. The first-order chi connectivity index (χ1) is 12.6. The lowest BCUT2D eigenvalue weighted by Gasteiger charge is -2.35. The van der Waals surface area contributed by atoms with Gasteiger partial charge in [0.2, 0.25) is 0 Å². The number of nitrogens with zero attached hydrogens (tertiary/aromatic N) is 2. The van der Waals surface area contributed by atoms with E-state index >= 15 is 0 Å². The average Bonchev–Trinajstić information content (AvgIpc) is 2.66. The smallest absolute Gasteiger partial charge is 0.263 e. The van der Waals surface area contributed by atoms with Crippen LogP contribution in [0.2, 0.25) is 0 Å². The molecule has 1 aromatic heterocycles. The molecule has 26 heavy (non-hydrogen) atoms. The number of carbonyl (C=O) groups excluding carboxylic acids is 1. The summed E-state index contributed by atoms with van der Waals surface area (Å²) in [5.74, 6) is 1.77. The van der Waals surface area contributed by atoms with Gasteiger partial charge < -0.3 is 14.6 Å². The molecule has 136 valence electrons. The molecule has 0 radical (unpaired) electrons. The first-order valence-corrected chi connectivity index (χ1v) is 9.21. The summed E-state index contributed by atoms with van der Waals surface area (Å²) in [4.78, 5) is 33.5. The molecule has 1 N–H and O–H groups in total. The van der Waals surface area contributed by atoms with Crippen molar-refractivity contribution in [1.82, 2.24) is 14.9 Å². The third-order valence-corrected chi connectivity index (χ3v) is 5.30. The molecule has 2 aliphatic heterocycles. The van der Waals surface area contributed by atoms with Crippen LogP contribution < -0.4 is 10.3 Å². The molecule has 1 aromatic carbocycles. The molecule has 1 saturated heterocycles. The van der Waals surface area contributed by atoms with E-state index in [2.05, 4.69) is 16.0 Å². The van der Waals surface area contributed by atoms with Crippen LogP contribution in [0, 0.1) is 6.92 Å². The van der Waals surface area contributed by atoms with Crippen molar-refractivity contribution >= 4 is 5.91 Å². The fourth-order valence-corrected chi connectivity index (χ4v) is 3.91. The summed E-state index contributed by atoms with van der Waals surface area (Å²) in [5, 5.41) is 0. The summed E-state index contributed by atoms with van der Waals surface area (Å²) in [7, 11) is 0. The van der Waals surface area contributed by atoms with Crippen LogP contribution >= 0.6 is 0 Å². The van der Waals surface area contributed by atoms with Crippen LogP contribution in [0.4, 0.5) is 0 Å². The number of H-pyrrole nitrogens is 1. The van der Waals surface area contributed by atoms with Crippen molar-refractivity contribution in [3.05, 3.63) is 57.8 Å². The van der Waals surface area contributed by atoms with Crippen molar-refractivity contribution in [2.45, 2.75) is 44.6 Å². The Morgan fingerprint density at radius 2 is 2.00 bits per heavy atom. The summed E-state index contributed by atoms with van der Waals surface area (Å²) in [5.41, 5.74) is 1.90. The Morgan fingerprint density at radius 3 is 2.77 bits per heavy atom. The first-order valence-electron chi connectivity index (χ1n) is 9.21. The third-order valence-electron chi connectivity index (χ3n) is 5.30. The zero-order chi connectivity index (χ0) is 18.1. The summed E-state index contributed by atoms with van der Waals surface area (Å²) >= 11 is 0. The standard InChI is InChI=1S/C20H23N3O3/c1-13-21-16(12-19(24)22-13)14-8-10-23(11-9-14)20(25)18-7-6-15-4-2-3-5-17(15)26-18/h2-5,12,14,18H,6-11H2,1H3,(H,21,22,24). The third kappa shape index (κ3) is 3.36. The highest BCUT2D eigenvalue weighted by molar-refractivity contribution is 5.81. The van der Waals surface area contributed by atoms with Crippen molar-refractivity contribution in [1.29, 1.82) is 0 Å². The van der Waals surface area contributed by atoms with Gasteiger partial charge in [0, 0.05) is 25.1 Å². The number of fused-ring (bicyclic) bond motifs is 1. The number of carbonyl (C=O) groups is 1. The predicted octanol–water partition coefficient (Wildman–Crippen LogP) is 2.18. The van der Waals surface area contributed by atoms with E-state index in [0.29, 0.717) is 18.9 Å². The van der Waals surface area contributed by atoms with Crippen LogP contribution in [0.3, 0.4) is 0 Å². The lowest BCUT2D eigenvalue weighted by molar-refractivity contribution is -0.140. The molecule has 1 unspecified atom stereocenters. The molecular formula is C20H23N3O3. The van der Waals surface area contributed by atoms with E-state index in [0.717, 1.165) is 37.1 Å². The largest absolute Gasteiger partial charge is 0.480 e. The molecule has 6 nitrogen and oxygen atoms in total. The van der Waals surface area contributed by atoms with Crippen molar-refractivity contribution in [2.24, 2.45) is 0 Å². The maximum absolute atomic E-state index is 12.8. The van der Waals surface area contributed by atoms with Gasteiger partial charge in [-0.05, 0) is 44.2 Å². The zero-order valence-electron chi connectivity index (χ0n) is 14.9. The minimum atomic E-state index is -0.388. The van der Waals surface area contributed by atoms with Gasteiger partial charge in [-0.3, -0.25) is 9.59 Å². The van der Waals surface area contributed by atoms with Gasteiger partial charge in [-0.2, -0.15) is 0 Å². The first kappa shape index (κ1) is 16.8. The summed E-state index contributed by atoms with van der Waals surface area (Å²) in [6.07, 6.45) is 2.86. The maximum Gasteiger partial charge on any atom is 0.263 e. The molecule has 0 spiro atoms. The number of benzene rings is 1.